The molecule has 30 heavy (non-hydrogen) atoms. The van der Waals surface area contributed by atoms with Crippen LogP contribution in [-0.2, 0) is 6.54 Å². The Kier molecular flexibility index (Phi) is 5.98. The Morgan fingerprint density at radius 1 is 1.20 bits per heavy atom. The summed E-state index contributed by atoms with van der Waals surface area (Å²) < 4.78 is 12.9. The van der Waals surface area contributed by atoms with Gasteiger partial charge < -0.3 is 25.2 Å². The number of hydrogen-bond donors (Lipinski definition) is 2. The number of nitrogen functional groups attached to an aromatic ring is 1. The summed E-state index contributed by atoms with van der Waals surface area (Å²) in [6, 6.07) is 3.13. The van der Waals surface area contributed by atoms with Gasteiger partial charge in [0.15, 0.2) is 11.5 Å². The molecule has 10 nitrogen and oxygen atoms in total. The number of rotatable bonds is 8. The Hall–Kier alpha value is -2.95. The minimum atomic E-state index is -0.341. The number of hydrogen-bond acceptors (Lipinski definition) is 9. The topological polar surface area (TPSA) is 144 Å². The molecule has 1 aromatic carbocycles. The fraction of sp³-hybridized carbons (Fsp3) is 0.278. The van der Waals surface area contributed by atoms with Crippen LogP contribution in [0.1, 0.15) is 30.3 Å². The SMILES string of the molecule is Nc1ncnc2c1ncn2Cc1c(OCCC[C@@H](N)c2nnco2)ccc(Cl)c1Cl. The van der Waals surface area contributed by atoms with Gasteiger partial charge in [0.1, 0.15) is 17.6 Å². The van der Waals surface area contributed by atoms with Gasteiger partial charge in [0.25, 0.3) is 0 Å². The van der Waals surface area contributed by atoms with E-state index in [4.69, 9.17) is 43.8 Å². The summed E-state index contributed by atoms with van der Waals surface area (Å²) in [5.41, 5.74) is 13.7. The highest BCUT2D eigenvalue weighted by atomic mass is 35.5. The fourth-order valence-electron chi connectivity index (χ4n) is 2.99. The fourth-order valence-corrected chi connectivity index (χ4v) is 3.39. The Morgan fingerprint density at radius 2 is 2.07 bits per heavy atom. The molecule has 1 atom stereocenters. The van der Waals surface area contributed by atoms with Crippen molar-refractivity contribution in [3.63, 3.8) is 0 Å². The van der Waals surface area contributed by atoms with Gasteiger partial charge in [-0.05, 0) is 25.0 Å². The lowest BCUT2D eigenvalue weighted by Gasteiger charge is -2.15. The summed E-state index contributed by atoms with van der Waals surface area (Å²) in [5.74, 6) is 1.32. The minimum absolute atomic E-state index is 0.310. The minimum Gasteiger partial charge on any atom is -0.493 e. The normalized spacial score (nSPS) is 12.4. The van der Waals surface area contributed by atoms with Crippen molar-refractivity contribution < 1.29 is 9.15 Å². The van der Waals surface area contributed by atoms with Crippen LogP contribution in [0, 0.1) is 0 Å². The number of halogens is 2. The maximum absolute atomic E-state index is 6.48. The van der Waals surface area contributed by atoms with E-state index in [0.29, 0.717) is 70.2 Å². The molecule has 0 aliphatic carbocycles. The van der Waals surface area contributed by atoms with Crippen LogP contribution in [0.25, 0.3) is 11.2 Å². The van der Waals surface area contributed by atoms with Gasteiger partial charge in [-0.25, -0.2) is 15.0 Å². The van der Waals surface area contributed by atoms with Crippen LogP contribution in [0.2, 0.25) is 10.0 Å². The number of benzene rings is 1. The Bertz CT molecular complexity index is 1150. The van der Waals surface area contributed by atoms with Gasteiger partial charge in [-0.15, -0.1) is 10.2 Å². The van der Waals surface area contributed by atoms with Crippen molar-refractivity contribution in [2.75, 3.05) is 12.3 Å². The zero-order valence-electron chi connectivity index (χ0n) is 15.7. The molecule has 0 unspecified atom stereocenters. The van der Waals surface area contributed by atoms with Crippen LogP contribution in [0.5, 0.6) is 5.75 Å². The number of anilines is 1. The lowest BCUT2D eigenvalue weighted by atomic mass is 10.1. The second-order valence-electron chi connectivity index (χ2n) is 6.52. The number of aromatic nitrogens is 6. The molecule has 3 heterocycles. The number of nitrogens with zero attached hydrogens (tertiary/aromatic N) is 6. The van der Waals surface area contributed by atoms with Crippen molar-refractivity contribution in [2.45, 2.75) is 25.4 Å². The largest absolute Gasteiger partial charge is 0.493 e. The number of imidazole rings is 1. The average Bonchev–Trinajstić information content (AvgIpc) is 3.41. The van der Waals surface area contributed by atoms with Crippen molar-refractivity contribution >= 4 is 40.2 Å². The van der Waals surface area contributed by atoms with E-state index < -0.39 is 0 Å². The molecular weight excluding hydrogens is 431 g/mol. The van der Waals surface area contributed by atoms with Crippen LogP contribution in [0.4, 0.5) is 5.82 Å². The molecule has 0 aliphatic rings. The summed E-state index contributed by atoms with van der Waals surface area (Å²) in [7, 11) is 0. The van der Waals surface area contributed by atoms with Gasteiger partial charge in [0.05, 0.1) is 35.6 Å². The summed E-state index contributed by atoms with van der Waals surface area (Å²) in [6.45, 7) is 0.774. The lowest BCUT2D eigenvalue weighted by molar-refractivity contribution is 0.293. The molecule has 4 rings (SSSR count). The maximum atomic E-state index is 6.48. The summed E-state index contributed by atoms with van der Waals surface area (Å²) in [6.07, 6.45) is 5.58. The van der Waals surface area contributed by atoms with Crippen LogP contribution in [0.15, 0.2) is 35.6 Å². The molecule has 0 fully saturated rings. The van der Waals surface area contributed by atoms with Gasteiger partial charge in [0, 0.05) is 5.56 Å². The van der Waals surface area contributed by atoms with Gasteiger partial charge in [-0.3, -0.25) is 0 Å². The van der Waals surface area contributed by atoms with E-state index in [2.05, 4.69) is 25.1 Å². The molecule has 12 heteroatoms. The molecule has 0 saturated heterocycles. The molecule has 4 N–H and O–H groups in total. The van der Waals surface area contributed by atoms with E-state index in [1.54, 1.807) is 18.5 Å². The van der Waals surface area contributed by atoms with E-state index in [1.165, 1.54) is 12.7 Å². The highest BCUT2D eigenvalue weighted by Crippen LogP contribution is 2.34. The number of fused-ring (bicyclic) bond motifs is 1. The smallest absolute Gasteiger partial charge is 0.232 e. The van der Waals surface area contributed by atoms with Gasteiger partial charge in [0.2, 0.25) is 12.3 Å². The van der Waals surface area contributed by atoms with Crippen LogP contribution >= 0.6 is 23.2 Å². The standard InChI is InChI=1S/C18H18Cl2N8O2/c19-11-3-4-13(29-5-1-2-12(21)18-27-26-9-30-18)10(14(11)20)6-28-8-25-15-16(22)23-7-24-17(15)28/h3-4,7-9,12H,1-2,5-6,21H2,(H2,22,23,24)/t12-/m1/s1. The third-order valence-electron chi connectivity index (χ3n) is 4.52. The highest BCUT2D eigenvalue weighted by Gasteiger charge is 2.16. The third kappa shape index (κ3) is 4.16. The van der Waals surface area contributed by atoms with Crippen molar-refractivity contribution in [1.29, 1.82) is 0 Å². The highest BCUT2D eigenvalue weighted by molar-refractivity contribution is 6.42. The van der Waals surface area contributed by atoms with Crippen molar-refractivity contribution in [2.24, 2.45) is 5.73 Å². The molecule has 0 amide bonds. The van der Waals surface area contributed by atoms with E-state index in [1.807, 2.05) is 4.57 Å². The van der Waals surface area contributed by atoms with Crippen molar-refractivity contribution in [3.05, 3.63) is 52.7 Å². The first-order chi connectivity index (χ1) is 14.5. The first-order valence-corrected chi connectivity index (χ1v) is 9.82. The predicted octanol–water partition coefficient (Wildman–Crippen LogP) is 3.01. The molecule has 4 aromatic rings. The zero-order valence-corrected chi connectivity index (χ0v) is 17.2. The number of ether oxygens (including phenoxy) is 1. The quantitative estimate of drug-likeness (QED) is 0.388. The van der Waals surface area contributed by atoms with Gasteiger partial charge in [-0.1, -0.05) is 23.2 Å². The van der Waals surface area contributed by atoms with E-state index in [0.717, 1.165) is 0 Å². The first-order valence-electron chi connectivity index (χ1n) is 9.07. The predicted molar refractivity (Wildman–Crippen MR) is 111 cm³/mol. The zero-order chi connectivity index (χ0) is 21.1. The lowest BCUT2D eigenvalue weighted by Crippen LogP contribution is -2.13. The van der Waals surface area contributed by atoms with Gasteiger partial charge in [-0.2, -0.15) is 0 Å². The second-order valence-corrected chi connectivity index (χ2v) is 7.30. The van der Waals surface area contributed by atoms with E-state index >= 15 is 0 Å². The monoisotopic (exact) mass is 448 g/mol. The molecule has 0 spiro atoms. The maximum Gasteiger partial charge on any atom is 0.232 e. The van der Waals surface area contributed by atoms with Crippen LogP contribution in [0.3, 0.4) is 0 Å². The molecule has 0 radical (unpaired) electrons. The first kappa shape index (κ1) is 20.3. The third-order valence-corrected chi connectivity index (χ3v) is 5.37. The molecule has 156 valence electrons. The molecule has 0 saturated carbocycles. The van der Waals surface area contributed by atoms with Crippen LogP contribution < -0.4 is 16.2 Å². The summed E-state index contributed by atoms with van der Waals surface area (Å²) in [5, 5.41) is 8.28. The molecular formula is C18H18Cl2N8O2. The van der Waals surface area contributed by atoms with Crippen molar-refractivity contribution in [3.8, 4) is 5.75 Å². The summed E-state index contributed by atoms with van der Waals surface area (Å²) >= 11 is 12.7. The molecule has 0 aliphatic heterocycles. The Morgan fingerprint density at radius 3 is 2.87 bits per heavy atom. The van der Waals surface area contributed by atoms with Crippen molar-refractivity contribution in [1.82, 2.24) is 29.7 Å². The molecule has 3 aromatic heterocycles. The Labute approximate surface area is 181 Å². The van der Waals surface area contributed by atoms with E-state index in [-0.39, 0.29) is 6.04 Å². The van der Waals surface area contributed by atoms with E-state index in [9.17, 15) is 0 Å². The second kappa shape index (κ2) is 8.82. The van der Waals surface area contributed by atoms with Crippen LogP contribution in [-0.4, -0.2) is 36.3 Å². The number of nitrogens with two attached hydrogens (primary N) is 2. The Balaban J connectivity index is 1.49. The molecule has 0 bridgehead atoms. The average molecular weight is 449 g/mol. The van der Waals surface area contributed by atoms with Gasteiger partial charge >= 0.3 is 0 Å². The summed E-state index contributed by atoms with van der Waals surface area (Å²) in [4.78, 5) is 12.5.